The van der Waals surface area contributed by atoms with Gasteiger partial charge in [-0.1, -0.05) is 128 Å². The summed E-state index contributed by atoms with van der Waals surface area (Å²) in [5, 5.41) is 3.31. The Labute approximate surface area is 238 Å². The number of para-hydroxylation sites is 2. The van der Waals surface area contributed by atoms with Gasteiger partial charge in [0.05, 0.1) is 0 Å². The third-order valence-corrected chi connectivity index (χ3v) is 13.4. The van der Waals surface area contributed by atoms with E-state index in [1.807, 2.05) is 0 Å². The number of benzene rings is 5. The Kier molecular flexibility index (Phi) is 4.89. The van der Waals surface area contributed by atoms with Gasteiger partial charge in [-0.25, -0.2) is 0 Å². The number of hydrogen-bond acceptors (Lipinski definition) is 1. The number of nitrogens with zero attached hydrogens (tertiary/aromatic N) is 1. The third-order valence-electron chi connectivity index (χ3n) is 9.75. The fourth-order valence-electron chi connectivity index (χ4n) is 7.96. The molecule has 0 saturated carbocycles. The molecule has 3 aliphatic rings. The predicted molar refractivity (Wildman–Crippen MR) is 174 cm³/mol. The van der Waals surface area contributed by atoms with Crippen LogP contribution in [0.4, 0.5) is 17.1 Å². The second-order valence-corrected chi connectivity index (χ2v) is 16.9. The molecule has 0 atom stereocenters. The summed E-state index contributed by atoms with van der Waals surface area (Å²) >= 11 is 0. The Morgan fingerprint density at radius 2 is 1.23 bits per heavy atom. The van der Waals surface area contributed by atoms with Gasteiger partial charge in [-0.3, -0.25) is 0 Å². The van der Waals surface area contributed by atoms with Crippen LogP contribution in [0.25, 0.3) is 5.57 Å². The largest absolute Gasteiger partial charge is 0.310 e. The minimum atomic E-state index is -1.85. The average molecular weight is 530 g/mol. The maximum atomic E-state index is 2.57. The molecule has 5 aromatic rings. The summed E-state index contributed by atoms with van der Waals surface area (Å²) in [4.78, 5) is 2.39. The second-order valence-electron chi connectivity index (χ2n) is 12.6. The van der Waals surface area contributed by atoms with Crippen LogP contribution in [0, 0.1) is 0 Å². The van der Waals surface area contributed by atoms with Crippen molar-refractivity contribution in [3.63, 3.8) is 0 Å². The molecular formula is C37H32BNSi. The normalized spacial score (nSPS) is 16.8. The molecule has 8 rings (SSSR count). The summed E-state index contributed by atoms with van der Waals surface area (Å²) in [6, 6.07) is 45.1. The lowest BCUT2D eigenvalue weighted by molar-refractivity contribution is 0.646. The van der Waals surface area contributed by atoms with Gasteiger partial charge >= 0.3 is 0 Å². The zero-order valence-corrected chi connectivity index (χ0v) is 24.6. The lowest BCUT2D eigenvalue weighted by atomic mass is 9.35. The molecule has 5 aromatic carbocycles. The first-order valence-corrected chi connectivity index (χ1v) is 17.4. The van der Waals surface area contributed by atoms with Crippen LogP contribution < -0.4 is 21.0 Å². The fraction of sp³-hybridized carbons (Fsp3) is 0.135. The van der Waals surface area contributed by atoms with Crippen molar-refractivity contribution in [2.24, 2.45) is 0 Å². The number of rotatable bonds is 3. The predicted octanol–water partition coefficient (Wildman–Crippen LogP) is 7.23. The second kappa shape index (κ2) is 8.22. The van der Waals surface area contributed by atoms with Crippen LogP contribution in [0.1, 0.15) is 36.1 Å². The van der Waals surface area contributed by atoms with Gasteiger partial charge in [-0.2, -0.15) is 0 Å². The van der Waals surface area contributed by atoms with Crippen LogP contribution in [0.5, 0.6) is 0 Å². The van der Waals surface area contributed by atoms with Crippen LogP contribution in [0.15, 0.2) is 126 Å². The van der Waals surface area contributed by atoms with Gasteiger partial charge in [-0.15, -0.1) is 0 Å². The molecule has 0 saturated heterocycles. The molecule has 3 heteroatoms. The molecule has 3 heterocycles. The maximum absolute atomic E-state index is 2.57. The minimum absolute atomic E-state index is 0.1000. The molecule has 0 radical (unpaired) electrons. The van der Waals surface area contributed by atoms with Crippen molar-refractivity contribution in [2.75, 3.05) is 4.90 Å². The van der Waals surface area contributed by atoms with Crippen LogP contribution in [-0.4, -0.2) is 14.8 Å². The lowest BCUT2D eigenvalue weighted by Crippen LogP contribution is -2.59. The Hall–Kier alpha value is -4.08. The zero-order valence-electron chi connectivity index (χ0n) is 23.6. The van der Waals surface area contributed by atoms with E-state index in [0.717, 1.165) is 0 Å². The summed E-state index contributed by atoms with van der Waals surface area (Å²) in [7, 11) is -1.85. The van der Waals surface area contributed by atoms with Crippen LogP contribution >= 0.6 is 0 Å². The molecule has 0 fully saturated rings. The fourth-order valence-corrected chi connectivity index (χ4v) is 11.6. The van der Waals surface area contributed by atoms with Gasteiger partial charge in [0.15, 0.2) is 0 Å². The number of anilines is 3. The molecule has 0 aromatic heterocycles. The molecule has 0 amide bonds. The van der Waals surface area contributed by atoms with Gasteiger partial charge in [-0.05, 0) is 69.4 Å². The Morgan fingerprint density at radius 3 is 1.93 bits per heavy atom. The van der Waals surface area contributed by atoms with Crippen molar-refractivity contribution < 1.29 is 0 Å². The molecule has 1 nitrogen and oxygen atoms in total. The number of hydrogen-bond donors (Lipinski definition) is 0. The third kappa shape index (κ3) is 3.04. The van der Waals surface area contributed by atoms with Crippen LogP contribution in [0.2, 0.25) is 13.1 Å². The Balaban J connectivity index is 1.38. The SMILES string of the molecule is CC1(C)c2cc(N(c3ccccc3)c3ccccc3)ccc2B2C3=C(c4ccccc4[Si]3(C)C)c3cccc1c32. The van der Waals surface area contributed by atoms with Gasteiger partial charge in [0.1, 0.15) is 8.07 Å². The van der Waals surface area contributed by atoms with E-state index in [0.29, 0.717) is 6.71 Å². The summed E-state index contributed by atoms with van der Waals surface area (Å²) in [5.74, 6) is 0. The molecule has 0 aliphatic carbocycles. The van der Waals surface area contributed by atoms with E-state index >= 15 is 0 Å². The highest BCUT2D eigenvalue weighted by Gasteiger charge is 2.54. The number of fused-ring (bicyclic) bond motifs is 6. The molecule has 3 aliphatic heterocycles. The highest BCUT2D eigenvalue weighted by molar-refractivity contribution is 7.16. The maximum Gasteiger partial charge on any atom is 0.235 e. The van der Waals surface area contributed by atoms with Crippen LogP contribution in [0.3, 0.4) is 0 Å². The van der Waals surface area contributed by atoms with E-state index in [1.165, 1.54) is 50.4 Å². The Bertz CT molecular complexity index is 1810. The van der Waals surface area contributed by atoms with E-state index < -0.39 is 8.07 Å². The van der Waals surface area contributed by atoms with Crippen molar-refractivity contribution >= 4 is 53.5 Å². The lowest BCUT2D eigenvalue weighted by Gasteiger charge is -2.40. The summed E-state index contributed by atoms with van der Waals surface area (Å²) in [6.07, 6.45) is 0. The van der Waals surface area contributed by atoms with E-state index in [2.05, 4.69) is 153 Å². The highest BCUT2D eigenvalue weighted by Crippen LogP contribution is 2.48. The zero-order chi connectivity index (χ0) is 27.2. The van der Waals surface area contributed by atoms with Crippen molar-refractivity contribution in [3.8, 4) is 0 Å². The molecule has 0 N–H and O–H groups in total. The van der Waals surface area contributed by atoms with Gasteiger partial charge in [0, 0.05) is 22.5 Å². The van der Waals surface area contributed by atoms with E-state index in [4.69, 9.17) is 0 Å². The van der Waals surface area contributed by atoms with Crippen molar-refractivity contribution in [2.45, 2.75) is 32.4 Å². The first-order chi connectivity index (χ1) is 19.4. The minimum Gasteiger partial charge on any atom is -0.310 e. The van der Waals surface area contributed by atoms with E-state index in [1.54, 1.807) is 15.7 Å². The van der Waals surface area contributed by atoms with Gasteiger partial charge in [0.25, 0.3) is 0 Å². The molecule has 0 bridgehead atoms. The smallest absolute Gasteiger partial charge is 0.235 e. The summed E-state index contributed by atoms with van der Waals surface area (Å²) in [5.41, 5.74) is 14.0. The summed E-state index contributed by atoms with van der Waals surface area (Å²) in [6.45, 7) is 10.3. The van der Waals surface area contributed by atoms with Crippen molar-refractivity contribution in [1.82, 2.24) is 0 Å². The van der Waals surface area contributed by atoms with Gasteiger partial charge in [0.2, 0.25) is 6.71 Å². The standard InChI is InChI=1S/C37H32BNSi/c1-37(2)30-20-13-19-29-34-28-18-11-12-21-33(28)40(3,4)36(34)38(35(29)30)32-23-22-27(24-31(32)37)39(25-14-7-5-8-15-25)26-16-9-6-10-17-26/h5-24H,1-4H3. The average Bonchev–Trinajstić information content (AvgIpc) is 3.45. The summed E-state index contributed by atoms with van der Waals surface area (Å²) < 4.78 is 0. The van der Waals surface area contributed by atoms with E-state index in [9.17, 15) is 0 Å². The van der Waals surface area contributed by atoms with Crippen molar-refractivity contribution in [1.29, 1.82) is 0 Å². The molecule has 192 valence electrons. The molecular weight excluding hydrogens is 497 g/mol. The monoisotopic (exact) mass is 529 g/mol. The Morgan fingerprint density at radius 1 is 0.600 bits per heavy atom. The quantitative estimate of drug-likeness (QED) is 0.223. The first-order valence-electron chi connectivity index (χ1n) is 14.4. The van der Waals surface area contributed by atoms with E-state index in [-0.39, 0.29) is 5.41 Å². The molecule has 0 spiro atoms. The van der Waals surface area contributed by atoms with Crippen LogP contribution in [-0.2, 0) is 5.41 Å². The molecule has 40 heavy (non-hydrogen) atoms. The molecule has 0 unspecified atom stereocenters. The topological polar surface area (TPSA) is 3.24 Å². The van der Waals surface area contributed by atoms with Crippen molar-refractivity contribution in [3.05, 3.63) is 149 Å². The first kappa shape index (κ1) is 23.8. The highest BCUT2D eigenvalue weighted by atomic mass is 28.3. The van der Waals surface area contributed by atoms with Gasteiger partial charge < -0.3 is 4.90 Å².